The van der Waals surface area contributed by atoms with Crippen molar-refractivity contribution in [1.29, 1.82) is 0 Å². The van der Waals surface area contributed by atoms with E-state index in [-0.39, 0.29) is 17.3 Å². The van der Waals surface area contributed by atoms with E-state index in [1.807, 2.05) is 37.3 Å². The van der Waals surface area contributed by atoms with Gasteiger partial charge in [-0.05, 0) is 67.3 Å². The molecule has 0 spiro atoms. The molecule has 5 rings (SSSR count). The van der Waals surface area contributed by atoms with Crippen LogP contribution in [-0.2, 0) is 27.7 Å². The summed E-state index contributed by atoms with van der Waals surface area (Å²) in [6.45, 7) is 2.96. The number of carbonyl (C=O) groups is 1. The zero-order valence-corrected chi connectivity index (χ0v) is 21.0. The molecule has 3 N–H and O–H groups in total. The van der Waals surface area contributed by atoms with Crippen LogP contribution >= 0.6 is 0 Å². The minimum Gasteiger partial charge on any atom is -0.497 e. The predicted octanol–water partition coefficient (Wildman–Crippen LogP) is 2.76. The molecule has 0 atom stereocenters. The Hall–Kier alpha value is -3.70. The van der Waals surface area contributed by atoms with Gasteiger partial charge in [-0.15, -0.1) is 0 Å². The van der Waals surface area contributed by atoms with Gasteiger partial charge in [0.1, 0.15) is 11.6 Å². The highest BCUT2D eigenvalue weighted by Crippen LogP contribution is 2.38. The van der Waals surface area contributed by atoms with E-state index in [0.29, 0.717) is 44.1 Å². The standard InChI is InChI=1S/C25H28N6O4S/c1-16-13-22(29-19-4-6-20(35-2)7-5-19)30-25(28-16)26-10-11-27-36(33,34)21-14-17-3-8-23(32)31-12-9-18(15-21)24(17)31/h4-7,13-15,27H,3,8-12H2,1-2H3,(H2,26,28,29,30). The first kappa shape index (κ1) is 24.0. The van der Waals surface area contributed by atoms with Crippen molar-refractivity contribution >= 4 is 39.1 Å². The molecule has 0 bridgehead atoms. The number of methoxy groups -OCH3 is 1. The number of aromatic nitrogens is 2. The van der Waals surface area contributed by atoms with E-state index in [4.69, 9.17) is 4.74 Å². The van der Waals surface area contributed by atoms with E-state index < -0.39 is 10.0 Å². The van der Waals surface area contributed by atoms with Crippen LogP contribution in [0.4, 0.5) is 23.1 Å². The van der Waals surface area contributed by atoms with Crippen LogP contribution in [0.15, 0.2) is 47.4 Å². The average Bonchev–Trinajstić information content (AvgIpc) is 3.30. The Morgan fingerprint density at radius 1 is 1.00 bits per heavy atom. The number of ether oxygens (including phenoxy) is 1. The lowest BCUT2D eigenvalue weighted by molar-refractivity contribution is -0.118. The molecule has 0 saturated carbocycles. The first-order valence-electron chi connectivity index (χ1n) is 11.8. The number of hydrogen-bond donors (Lipinski definition) is 3. The van der Waals surface area contributed by atoms with Gasteiger partial charge in [0, 0.05) is 43.5 Å². The number of nitrogens with zero attached hydrogens (tertiary/aromatic N) is 3. The molecule has 0 saturated heterocycles. The van der Waals surface area contributed by atoms with Gasteiger partial charge in [-0.25, -0.2) is 18.1 Å². The Balaban J connectivity index is 1.20. The number of benzene rings is 2. The Morgan fingerprint density at radius 3 is 2.50 bits per heavy atom. The van der Waals surface area contributed by atoms with Crippen LogP contribution in [0.25, 0.3) is 0 Å². The van der Waals surface area contributed by atoms with E-state index in [9.17, 15) is 13.2 Å². The fraction of sp³-hybridized carbons (Fsp3) is 0.320. The molecule has 36 heavy (non-hydrogen) atoms. The molecule has 2 aromatic carbocycles. The van der Waals surface area contributed by atoms with Crippen LogP contribution in [0, 0.1) is 6.92 Å². The summed E-state index contributed by atoms with van der Waals surface area (Å²) in [7, 11) is -2.08. The van der Waals surface area contributed by atoms with Gasteiger partial charge in [-0.2, -0.15) is 4.98 Å². The van der Waals surface area contributed by atoms with E-state index in [1.54, 1.807) is 24.1 Å². The Morgan fingerprint density at radius 2 is 1.75 bits per heavy atom. The zero-order chi connectivity index (χ0) is 25.3. The molecule has 2 aliphatic rings. The van der Waals surface area contributed by atoms with Gasteiger partial charge in [-0.1, -0.05) is 0 Å². The van der Waals surface area contributed by atoms with Gasteiger partial charge in [0.25, 0.3) is 0 Å². The Kier molecular flexibility index (Phi) is 6.50. The maximum absolute atomic E-state index is 13.0. The molecule has 0 radical (unpaired) electrons. The fourth-order valence-corrected chi connectivity index (χ4v) is 5.69. The number of rotatable bonds is 9. The molecular weight excluding hydrogens is 480 g/mol. The third-order valence-corrected chi connectivity index (χ3v) is 7.69. The second kappa shape index (κ2) is 9.75. The predicted molar refractivity (Wildman–Crippen MR) is 138 cm³/mol. The smallest absolute Gasteiger partial charge is 0.240 e. The van der Waals surface area contributed by atoms with Gasteiger partial charge >= 0.3 is 0 Å². The van der Waals surface area contributed by atoms with E-state index in [1.165, 1.54) is 0 Å². The summed E-state index contributed by atoms with van der Waals surface area (Å²) in [5.74, 6) is 1.90. The molecule has 1 aromatic heterocycles. The van der Waals surface area contributed by atoms with Gasteiger partial charge in [0.15, 0.2) is 0 Å². The van der Waals surface area contributed by atoms with Crippen LogP contribution in [0.3, 0.4) is 0 Å². The van der Waals surface area contributed by atoms with Gasteiger partial charge in [-0.3, -0.25) is 4.79 Å². The Bertz CT molecular complexity index is 1410. The van der Waals surface area contributed by atoms with Crippen molar-refractivity contribution < 1.29 is 17.9 Å². The van der Waals surface area contributed by atoms with Crippen molar-refractivity contribution in [2.75, 3.05) is 42.3 Å². The lowest BCUT2D eigenvalue weighted by Crippen LogP contribution is -2.33. The molecule has 3 aromatic rings. The van der Waals surface area contributed by atoms with Gasteiger partial charge in [0.2, 0.25) is 21.9 Å². The third-order valence-electron chi connectivity index (χ3n) is 6.25. The number of sulfonamides is 1. The third kappa shape index (κ3) is 4.98. The van der Waals surface area contributed by atoms with Crippen molar-refractivity contribution in [3.05, 3.63) is 59.3 Å². The molecule has 3 heterocycles. The summed E-state index contributed by atoms with van der Waals surface area (Å²) in [4.78, 5) is 23.0. The molecule has 11 heteroatoms. The van der Waals surface area contributed by atoms with Gasteiger partial charge < -0.3 is 20.3 Å². The second-order valence-electron chi connectivity index (χ2n) is 8.78. The molecule has 188 valence electrons. The van der Waals surface area contributed by atoms with Gasteiger partial charge in [0.05, 0.1) is 17.7 Å². The summed E-state index contributed by atoms with van der Waals surface area (Å²) in [6, 6.07) is 12.7. The summed E-state index contributed by atoms with van der Waals surface area (Å²) < 4.78 is 33.8. The normalized spacial score (nSPS) is 14.5. The highest BCUT2D eigenvalue weighted by atomic mass is 32.2. The second-order valence-corrected chi connectivity index (χ2v) is 10.5. The monoisotopic (exact) mass is 508 g/mol. The topological polar surface area (TPSA) is 126 Å². The van der Waals surface area contributed by atoms with Crippen molar-refractivity contribution in [3.63, 3.8) is 0 Å². The van der Waals surface area contributed by atoms with Crippen LogP contribution in [0.5, 0.6) is 5.75 Å². The molecule has 10 nitrogen and oxygen atoms in total. The minimum atomic E-state index is -3.70. The number of nitrogens with one attached hydrogen (secondary N) is 3. The highest BCUT2D eigenvalue weighted by molar-refractivity contribution is 7.89. The lowest BCUT2D eigenvalue weighted by atomic mass is 10.00. The summed E-state index contributed by atoms with van der Waals surface area (Å²) in [5, 5.41) is 6.32. The van der Waals surface area contributed by atoms with E-state index in [2.05, 4.69) is 25.3 Å². The summed E-state index contributed by atoms with van der Waals surface area (Å²) in [6.07, 6.45) is 1.66. The SMILES string of the molecule is COc1ccc(Nc2cc(C)nc(NCCNS(=O)(=O)c3cc4c5c(c3)CCN5C(=O)CC4)n2)cc1. The molecule has 0 unspecified atom stereocenters. The quantitative estimate of drug-likeness (QED) is 0.377. The van der Waals surface area contributed by atoms with E-state index in [0.717, 1.165) is 33.9 Å². The number of hydrogen-bond acceptors (Lipinski definition) is 8. The maximum Gasteiger partial charge on any atom is 0.240 e. The van der Waals surface area contributed by atoms with Crippen molar-refractivity contribution in [1.82, 2.24) is 14.7 Å². The van der Waals surface area contributed by atoms with Crippen LogP contribution in [0.2, 0.25) is 0 Å². The highest BCUT2D eigenvalue weighted by Gasteiger charge is 2.32. The van der Waals surface area contributed by atoms with Crippen molar-refractivity contribution in [2.24, 2.45) is 0 Å². The number of aryl methyl sites for hydroxylation is 2. The van der Waals surface area contributed by atoms with Crippen LogP contribution in [-0.4, -0.2) is 51.0 Å². The molecule has 0 aliphatic carbocycles. The molecule has 0 fully saturated rings. The molecular formula is C25H28N6O4S. The van der Waals surface area contributed by atoms with Crippen molar-refractivity contribution in [3.8, 4) is 5.75 Å². The fourth-order valence-electron chi connectivity index (χ4n) is 4.56. The molecule has 2 aliphatic heterocycles. The zero-order valence-electron chi connectivity index (χ0n) is 20.2. The summed E-state index contributed by atoms with van der Waals surface area (Å²) >= 11 is 0. The maximum atomic E-state index is 13.0. The first-order valence-corrected chi connectivity index (χ1v) is 13.3. The molecule has 1 amide bonds. The Labute approximate surface area is 210 Å². The van der Waals surface area contributed by atoms with Crippen molar-refractivity contribution in [2.45, 2.75) is 31.1 Å². The first-order chi connectivity index (χ1) is 17.3. The van der Waals surface area contributed by atoms with Crippen LogP contribution in [0.1, 0.15) is 23.2 Å². The number of anilines is 4. The van der Waals surface area contributed by atoms with Crippen LogP contribution < -0.4 is 25.0 Å². The van der Waals surface area contributed by atoms with E-state index >= 15 is 0 Å². The average molecular weight is 509 g/mol. The lowest BCUT2D eigenvalue weighted by Gasteiger charge is -2.25. The summed E-state index contributed by atoms with van der Waals surface area (Å²) in [5.41, 5.74) is 4.37. The largest absolute Gasteiger partial charge is 0.497 e. The minimum absolute atomic E-state index is 0.113. The number of amides is 1. The number of carbonyl (C=O) groups excluding carboxylic acids is 1.